The van der Waals surface area contributed by atoms with E-state index in [0.717, 1.165) is 5.56 Å². The molecule has 2 rings (SSSR count). The van der Waals surface area contributed by atoms with Crippen LogP contribution in [0, 0.1) is 6.92 Å². The van der Waals surface area contributed by atoms with Crippen molar-refractivity contribution in [2.75, 3.05) is 39.9 Å². The molecule has 1 fully saturated rings. The van der Waals surface area contributed by atoms with Gasteiger partial charge in [-0.3, -0.25) is 4.79 Å². The van der Waals surface area contributed by atoms with E-state index in [4.69, 9.17) is 4.74 Å². The summed E-state index contributed by atoms with van der Waals surface area (Å²) < 4.78 is 5.02. The van der Waals surface area contributed by atoms with Crippen LogP contribution in [0.2, 0.25) is 0 Å². The number of benzene rings is 1. The van der Waals surface area contributed by atoms with Gasteiger partial charge in [0, 0.05) is 33.3 Å². The van der Waals surface area contributed by atoms with Crippen LogP contribution in [0.3, 0.4) is 0 Å². The fourth-order valence-electron chi connectivity index (χ4n) is 2.75. The van der Waals surface area contributed by atoms with Crippen molar-refractivity contribution < 1.29 is 14.3 Å². The van der Waals surface area contributed by atoms with E-state index in [1.807, 2.05) is 43.0 Å². The van der Waals surface area contributed by atoms with Gasteiger partial charge in [0.05, 0.1) is 19.1 Å². The van der Waals surface area contributed by atoms with E-state index in [-0.39, 0.29) is 18.0 Å². The van der Waals surface area contributed by atoms with Gasteiger partial charge < -0.3 is 19.9 Å². The SMILES string of the molecule is COC[C@@H](C)NC(=O)N1CCN(C(=O)Cc2ccc(C)cc2)CC1. The van der Waals surface area contributed by atoms with Crippen LogP contribution in [0.4, 0.5) is 4.79 Å². The second-order valence-corrected chi connectivity index (χ2v) is 6.34. The predicted molar refractivity (Wildman–Crippen MR) is 92.9 cm³/mol. The van der Waals surface area contributed by atoms with Crippen molar-refractivity contribution in [3.8, 4) is 0 Å². The normalized spacial score (nSPS) is 16.0. The van der Waals surface area contributed by atoms with Gasteiger partial charge in [-0.05, 0) is 19.4 Å². The number of methoxy groups -OCH3 is 1. The number of amides is 3. The fraction of sp³-hybridized carbons (Fsp3) is 0.556. The highest BCUT2D eigenvalue weighted by Crippen LogP contribution is 2.09. The van der Waals surface area contributed by atoms with Crippen LogP contribution in [-0.2, 0) is 16.0 Å². The summed E-state index contributed by atoms with van der Waals surface area (Å²) in [6, 6.07) is 7.91. The molecule has 0 bridgehead atoms. The molecule has 1 N–H and O–H groups in total. The topological polar surface area (TPSA) is 61.9 Å². The Morgan fingerprint density at radius 1 is 1.12 bits per heavy atom. The Morgan fingerprint density at radius 3 is 2.29 bits per heavy atom. The summed E-state index contributed by atoms with van der Waals surface area (Å²) in [6.45, 7) is 6.71. The van der Waals surface area contributed by atoms with E-state index in [1.54, 1.807) is 12.0 Å². The molecule has 6 nitrogen and oxygen atoms in total. The van der Waals surface area contributed by atoms with Crippen molar-refractivity contribution in [3.63, 3.8) is 0 Å². The van der Waals surface area contributed by atoms with Crippen LogP contribution in [0.25, 0.3) is 0 Å². The fourth-order valence-corrected chi connectivity index (χ4v) is 2.75. The van der Waals surface area contributed by atoms with E-state index >= 15 is 0 Å². The molecule has 132 valence electrons. The first kappa shape index (κ1) is 18.3. The molecule has 0 saturated carbocycles. The summed E-state index contributed by atoms with van der Waals surface area (Å²) in [6.07, 6.45) is 0.414. The molecule has 1 atom stereocenters. The highest BCUT2D eigenvalue weighted by Gasteiger charge is 2.24. The zero-order chi connectivity index (χ0) is 17.5. The summed E-state index contributed by atoms with van der Waals surface area (Å²) in [5, 5.41) is 2.90. The first-order valence-electron chi connectivity index (χ1n) is 8.37. The summed E-state index contributed by atoms with van der Waals surface area (Å²) in [5.41, 5.74) is 2.22. The van der Waals surface area contributed by atoms with E-state index in [1.165, 1.54) is 5.56 Å². The van der Waals surface area contributed by atoms with Crippen molar-refractivity contribution in [3.05, 3.63) is 35.4 Å². The standard InChI is InChI=1S/C18H27N3O3/c1-14-4-6-16(7-5-14)12-17(22)20-8-10-21(11-9-20)18(23)19-15(2)13-24-3/h4-7,15H,8-13H2,1-3H3,(H,19,23)/t15-/m1/s1. The van der Waals surface area contributed by atoms with E-state index < -0.39 is 0 Å². The number of nitrogens with one attached hydrogen (secondary N) is 1. The lowest BCUT2D eigenvalue weighted by atomic mass is 10.1. The number of carbonyl (C=O) groups is 2. The maximum Gasteiger partial charge on any atom is 0.317 e. The third kappa shape index (κ3) is 5.23. The molecule has 1 heterocycles. The minimum absolute atomic E-state index is 0.0244. The molecule has 6 heteroatoms. The zero-order valence-corrected chi connectivity index (χ0v) is 14.7. The Balaban J connectivity index is 1.78. The molecule has 3 amide bonds. The number of piperazine rings is 1. The summed E-state index contributed by atoms with van der Waals surface area (Å²) >= 11 is 0. The molecule has 0 aromatic heterocycles. The Bertz CT molecular complexity index is 551. The minimum Gasteiger partial charge on any atom is -0.383 e. The third-order valence-electron chi connectivity index (χ3n) is 4.18. The average molecular weight is 333 g/mol. The molecular weight excluding hydrogens is 306 g/mol. The Labute approximate surface area is 143 Å². The molecule has 1 aromatic carbocycles. The Morgan fingerprint density at radius 2 is 1.71 bits per heavy atom. The van der Waals surface area contributed by atoms with Crippen LogP contribution in [0.1, 0.15) is 18.1 Å². The van der Waals surface area contributed by atoms with E-state index in [2.05, 4.69) is 5.32 Å². The summed E-state index contributed by atoms with van der Waals surface area (Å²) in [5.74, 6) is 0.117. The van der Waals surface area contributed by atoms with E-state index in [0.29, 0.717) is 39.2 Å². The molecule has 0 unspecified atom stereocenters. The average Bonchev–Trinajstić information content (AvgIpc) is 2.57. The number of hydrogen-bond acceptors (Lipinski definition) is 3. The molecule has 1 aliphatic rings. The van der Waals surface area contributed by atoms with Crippen LogP contribution in [0.15, 0.2) is 24.3 Å². The number of ether oxygens (including phenoxy) is 1. The number of urea groups is 1. The van der Waals surface area contributed by atoms with Gasteiger partial charge in [0.15, 0.2) is 0 Å². The first-order valence-corrected chi connectivity index (χ1v) is 8.37. The molecule has 1 saturated heterocycles. The molecule has 1 aromatic rings. The van der Waals surface area contributed by atoms with Crippen LogP contribution >= 0.6 is 0 Å². The molecule has 24 heavy (non-hydrogen) atoms. The predicted octanol–water partition coefficient (Wildman–Crippen LogP) is 1.43. The molecule has 0 aliphatic carbocycles. The van der Waals surface area contributed by atoms with Gasteiger partial charge >= 0.3 is 6.03 Å². The molecule has 0 spiro atoms. The van der Waals surface area contributed by atoms with Crippen LogP contribution < -0.4 is 5.32 Å². The van der Waals surface area contributed by atoms with Gasteiger partial charge in [-0.2, -0.15) is 0 Å². The van der Waals surface area contributed by atoms with Gasteiger partial charge in [0.1, 0.15) is 0 Å². The second-order valence-electron chi connectivity index (χ2n) is 6.34. The number of rotatable bonds is 5. The monoisotopic (exact) mass is 333 g/mol. The largest absolute Gasteiger partial charge is 0.383 e. The van der Waals surface area contributed by atoms with Crippen molar-refractivity contribution in [2.45, 2.75) is 26.3 Å². The van der Waals surface area contributed by atoms with Gasteiger partial charge in [0.2, 0.25) is 5.91 Å². The number of nitrogens with zero attached hydrogens (tertiary/aromatic N) is 2. The summed E-state index contributed by atoms with van der Waals surface area (Å²) in [7, 11) is 1.61. The lowest BCUT2D eigenvalue weighted by Gasteiger charge is -2.35. The van der Waals surface area contributed by atoms with Gasteiger partial charge in [0.25, 0.3) is 0 Å². The van der Waals surface area contributed by atoms with Crippen LogP contribution in [0.5, 0.6) is 0 Å². The third-order valence-corrected chi connectivity index (χ3v) is 4.18. The number of aryl methyl sites for hydroxylation is 1. The number of carbonyl (C=O) groups excluding carboxylic acids is 2. The minimum atomic E-state index is -0.0924. The highest BCUT2D eigenvalue weighted by atomic mass is 16.5. The molecule has 0 radical (unpaired) electrons. The Hall–Kier alpha value is -2.08. The lowest BCUT2D eigenvalue weighted by molar-refractivity contribution is -0.131. The zero-order valence-electron chi connectivity index (χ0n) is 14.7. The van der Waals surface area contributed by atoms with Gasteiger partial charge in [-0.15, -0.1) is 0 Å². The van der Waals surface area contributed by atoms with Crippen molar-refractivity contribution in [1.29, 1.82) is 0 Å². The van der Waals surface area contributed by atoms with Gasteiger partial charge in [-0.1, -0.05) is 29.8 Å². The summed E-state index contributed by atoms with van der Waals surface area (Å²) in [4.78, 5) is 28.1. The molecular formula is C18H27N3O3. The van der Waals surface area contributed by atoms with Crippen molar-refractivity contribution in [1.82, 2.24) is 15.1 Å². The maximum absolute atomic E-state index is 12.4. The van der Waals surface area contributed by atoms with Crippen LogP contribution in [-0.4, -0.2) is 67.7 Å². The van der Waals surface area contributed by atoms with Gasteiger partial charge in [-0.25, -0.2) is 4.79 Å². The van der Waals surface area contributed by atoms with E-state index in [9.17, 15) is 9.59 Å². The second kappa shape index (κ2) is 8.68. The highest BCUT2D eigenvalue weighted by molar-refractivity contribution is 5.79. The number of hydrogen-bond donors (Lipinski definition) is 1. The lowest BCUT2D eigenvalue weighted by Crippen LogP contribution is -2.54. The molecule has 1 aliphatic heterocycles. The Kier molecular flexibility index (Phi) is 6.61. The first-order chi connectivity index (χ1) is 11.5. The van der Waals surface area contributed by atoms with Crippen molar-refractivity contribution in [2.24, 2.45) is 0 Å². The smallest absolute Gasteiger partial charge is 0.317 e. The maximum atomic E-state index is 12.4. The van der Waals surface area contributed by atoms with Crippen molar-refractivity contribution >= 4 is 11.9 Å². The quantitative estimate of drug-likeness (QED) is 0.887.